The van der Waals surface area contributed by atoms with Crippen LogP contribution in [0, 0.1) is 11.3 Å². The number of anilines is 1. The van der Waals surface area contributed by atoms with E-state index in [0.29, 0.717) is 0 Å². The van der Waals surface area contributed by atoms with E-state index in [1.54, 1.807) is 19.9 Å². The molecule has 1 aromatic heterocycles. The maximum absolute atomic E-state index is 12.5. The van der Waals surface area contributed by atoms with Gasteiger partial charge in [0, 0.05) is 6.04 Å². The monoisotopic (exact) mass is 367 g/mol. The van der Waals surface area contributed by atoms with Crippen LogP contribution in [0.2, 0.25) is 5.02 Å². The Labute approximate surface area is 143 Å². The van der Waals surface area contributed by atoms with Gasteiger partial charge >= 0.3 is 0 Å². The van der Waals surface area contributed by atoms with Gasteiger partial charge in [-0.25, -0.2) is 13.1 Å². The fraction of sp³-hybridized carbons (Fsp3) is 0.214. The molecule has 3 N–H and O–H groups in total. The molecule has 2 aromatic rings. The van der Waals surface area contributed by atoms with Gasteiger partial charge in [0.25, 0.3) is 5.91 Å². The second-order valence-electron chi connectivity index (χ2n) is 5.19. The van der Waals surface area contributed by atoms with Crippen LogP contribution in [0.1, 0.15) is 29.8 Å². The molecule has 0 saturated heterocycles. The third kappa shape index (κ3) is 3.41. The summed E-state index contributed by atoms with van der Waals surface area (Å²) < 4.78 is 27.7. The first kappa shape index (κ1) is 17.9. The highest BCUT2D eigenvalue weighted by atomic mass is 35.5. The number of carbonyl (C=O) groups excluding carboxylic acids is 1. The van der Waals surface area contributed by atoms with Crippen LogP contribution in [0.3, 0.4) is 0 Å². The van der Waals surface area contributed by atoms with Crippen molar-refractivity contribution in [3.05, 3.63) is 40.5 Å². The Hall–Kier alpha value is -2.41. The SMILES string of the molecule is CC(C)NS(=O)(=O)c1ccc(Cl)c(C(=O)n2ncc(C#N)c2N)c1. The lowest BCUT2D eigenvalue weighted by molar-refractivity contribution is 0.0948. The Morgan fingerprint density at radius 2 is 2.12 bits per heavy atom. The number of nitriles is 1. The number of sulfonamides is 1. The zero-order chi connectivity index (χ0) is 18.1. The molecule has 1 aromatic carbocycles. The summed E-state index contributed by atoms with van der Waals surface area (Å²) in [7, 11) is -3.80. The van der Waals surface area contributed by atoms with Gasteiger partial charge in [0.1, 0.15) is 17.5 Å². The minimum absolute atomic E-state index is 0.0322. The van der Waals surface area contributed by atoms with Crippen molar-refractivity contribution in [1.82, 2.24) is 14.5 Å². The van der Waals surface area contributed by atoms with Crippen molar-refractivity contribution in [1.29, 1.82) is 5.26 Å². The molecule has 24 heavy (non-hydrogen) atoms. The molecule has 8 nitrogen and oxygen atoms in total. The van der Waals surface area contributed by atoms with E-state index in [2.05, 4.69) is 9.82 Å². The van der Waals surface area contributed by atoms with Crippen LogP contribution in [0.4, 0.5) is 5.82 Å². The first-order chi connectivity index (χ1) is 11.2. The van der Waals surface area contributed by atoms with Crippen LogP contribution in [0.25, 0.3) is 0 Å². The Bertz CT molecular complexity index is 944. The fourth-order valence-corrected chi connectivity index (χ4v) is 3.41. The number of halogens is 1. The summed E-state index contributed by atoms with van der Waals surface area (Å²) in [5.41, 5.74) is 5.61. The quantitative estimate of drug-likeness (QED) is 0.838. The highest BCUT2D eigenvalue weighted by Gasteiger charge is 2.22. The third-order valence-corrected chi connectivity index (χ3v) is 4.97. The van der Waals surface area contributed by atoms with Crippen molar-refractivity contribution in [2.75, 3.05) is 5.73 Å². The van der Waals surface area contributed by atoms with Gasteiger partial charge in [-0.15, -0.1) is 0 Å². The van der Waals surface area contributed by atoms with Crippen LogP contribution in [-0.4, -0.2) is 30.1 Å². The number of nitrogens with two attached hydrogens (primary N) is 1. The standard InChI is InChI=1S/C14H14ClN5O3S/c1-8(2)19-24(22,23)10-3-4-12(15)11(5-10)14(21)20-13(17)9(6-16)7-18-20/h3-5,7-8,19H,17H2,1-2H3. The van der Waals surface area contributed by atoms with Crippen LogP contribution < -0.4 is 10.5 Å². The molecular weight excluding hydrogens is 354 g/mol. The molecule has 10 heteroatoms. The summed E-state index contributed by atoms with van der Waals surface area (Å²) in [6.45, 7) is 3.35. The molecule has 0 unspecified atom stereocenters. The van der Waals surface area contributed by atoms with Gasteiger partial charge in [0.05, 0.1) is 21.7 Å². The zero-order valence-corrected chi connectivity index (χ0v) is 14.4. The predicted molar refractivity (Wildman–Crippen MR) is 88.0 cm³/mol. The van der Waals surface area contributed by atoms with E-state index in [1.807, 2.05) is 0 Å². The molecule has 0 radical (unpaired) electrons. The molecule has 0 aliphatic heterocycles. The first-order valence-corrected chi connectivity index (χ1v) is 8.63. The molecule has 0 fully saturated rings. The number of nitrogen functional groups attached to an aromatic ring is 1. The number of rotatable bonds is 4. The van der Waals surface area contributed by atoms with Crippen molar-refractivity contribution in [2.24, 2.45) is 0 Å². The Morgan fingerprint density at radius 1 is 1.46 bits per heavy atom. The van der Waals surface area contributed by atoms with Crippen LogP contribution in [-0.2, 0) is 10.0 Å². The summed E-state index contributed by atoms with van der Waals surface area (Å²) in [6, 6.07) is 5.21. The van der Waals surface area contributed by atoms with Crippen molar-refractivity contribution >= 4 is 33.3 Å². The topological polar surface area (TPSA) is 131 Å². The molecule has 0 amide bonds. The number of hydrogen-bond acceptors (Lipinski definition) is 6. The minimum Gasteiger partial charge on any atom is -0.382 e. The van der Waals surface area contributed by atoms with E-state index in [0.717, 1.165) is 16.9 Å². The van der Waals surface area contributed by atoms with Crippen LogP contribution >= 0.6 is 11.6 Å². The number of benzene rings is 1. The zero-order valence-electron chi connectivity index (χ0n) is 12.8. The van der Waals surface area contributed by atoms with Gasteiger partial charge < -0.3 is 5.73 Å². The largest absolute Gasteiger partial charge is 0.382 e. The number of hydrogen-bond donors (Lipinski definition) is 2. The fourth-order valence-electron chi connectivity index (χ4n) is 1.93. The Kier molecular flexibility index (Phi) is 4.94. The van der Waals surface area contributed by atoms with Gasteiger partial charge in [0.15, 0.2) is 0 Å². The van der Waals surface area contributed by atoms with E-state index < -0.39 is 15.9 Å². The highest BCUT2D eigenvalue weighted by molar-refractivity contribution is 7.89. The van der Waals surface area contributed by atoms with Crippen LogP contribution in [0.15, 0.2) is 29.3 Å². The van der Waals surface area contributed by atoms with E-state index in [4.69, 9.17) is 22.6 Å². The molecule has 0 aliphatic rings. The van der Waals surface area contributed by atoms with Crippen LogP contribution in [0.5, 0.6) is 0 Å². The van der Waals surface area contributed by atoms with Crippen molar-refractivity contribution in [3.8, 4) is 6.07 Å². The van der Waals surface area contributed by atoms with Gasteiger partial charge in [0.2, 0.25) is 10.0 Å². The average Bonchev–Trinajstić information content (AvgIpc) is 2.86. The lowest BCUT2D eigenvalue weighted by Gasteiger charge is -2.11. The molecule has 0 spiro atoms. The second kappa shape index (κ2) is 6.60. The molecule has 0 saturated carbocycles. The Balaban J connectivity index is 2.51. The van der Waals surface area contributed by atoms with Gasteiger partial charge in [-0.1, -0.05) is 11.6 Å². The highest BCUT2D eigenvalue weighted by Crippen LogP contribution is 2.23. The molecular formula is C14H14ClN5O3S. The van der Waals surface area contributed by atoms with E-state index in [-0.39, 0.29) is 32.9 Å². The lowest BCUT2D eigenvalue weighted by Crippen LogP contribution is -2.30. The number of aromatic nitrogens is 2. The normalized spacial score (nSPS) is 11.5. The Morgan fingerprint density at radius 3 is 2.67 bits per heavy atom. The average molecular weight is 368 g/mol. The van der Waals surface area contributed by atoms with E-state index in [9.17, 15) is 13.2 Å². The van der Waals surface area contributed by atoms with Gasteiger partial charge in [-0.05, 0) is 32.0 Å². The molecule has 0 atom stereocenters. The second-order valence-corrected chi connectivity index (χ2v) is 7.31. The number of nitrogens with zero attached hydrogens (tertiary/aromatic N) is 3. The summed E-state index contributed by atoms with van der Waals surface area (Å²) in [5.74, 6) is -0.882. The maximum atomic E-state index is 12.5. The lowest BCUT2D eigenvalue weighted by atomic mass is 10.2. The third-order valence-electron chi connectivity index (χ3n) is 2.99. The predicted octanol–water partition coefficient (Wildman–Crippen LogP) is 1.37. The maximum Gasteiger partial charge on any atom is 0.281 e. The molecule has 2 rings (SSSR count). The number of carbonyl (C=O) groups is 1. The molecule has 0 aliphatic carbocycles. The van der Waals surface area contributed by atoms with E-state index >= 15 is 0 Å². The van der Waals surface area contributed by atoms with Crippen molar-refractivity contribution < 1.29 is 13.2 Å². The van der Waals surface area contributed by atoms with Crippen molar-refractivity contribution in [2.45, 2.75) is 24.8 Å². The summed E-state index contributed by atoms with van der Waals surface area (Å²) in [4.78, 5) is 12.4. The summed E-state index contributed by atoms with van der Waals surface area (Å²) >= 11 is 6.01. The van der Waals surface area contributed by atoms with Gasteiger partial charge in [-0.3, -0.25) is 4.79 Å². The minimum atomic E-state index is -3.80. The molecule has 126 valence electrons. The first-order valence-electron chi connectivity index (χ1n) is 6.77. The van der Waals surface area contributed by atoms with Crippen molar-refractivity contribution in [3.63, 3.8) is 0 Å². The van der Waals surface area contributed by atoms with Gasteiger partial charge in [-0.2, -0.15) is 15.0 Å². The summed E-state index contributed by atoms with van der Waals surface area (Å²) in [5, 5.41) is 12.6. The smallest absolute Gasteiger partial charge is 0.281 e. The molecule has 1 heterocycles. The van der Waals surface area contributed by atoms with E-state index in [1.165, 1.54) is 12.1 Å². The molecule has 0 bridgehead atoms. The summed E-state index contributed by atoms with van der Waals surface area (Å²) in [6.07, 6.45) is 1.14. The number of nitrogens with one attached hydrogen (secondary N) is 1.